The fourth-order valence-corrected chi connectivity index (χ4v) is 11.1. The molecule has 99 valence electrons. The quantitative estimate of drug-likeness (QED) is 0.766. The van der Waals surface area contributed by atoms with Crippen molar-refractivity contribution in [1.82, 2.24) is 0 Å². The summed E-state index contributed by atoms with van der Waals surface area (Å²) in [5.74, 6) is 2.16. The maximum atomic E-state index is 6.11. The summed E-state index contributed by atoms with van der Waals surface area (Å²) in [5, 5.41) is 0. The fourth-order valence-electron chi connectivity index (χ4n) is 2.94. The van der Waals surface area contributed by atoms with Crippen molar-refractivity contribution >= 4 is 22.3 Å². The predicted molar refractivity (Wildman–Crippen MR) is 83.6 cm³/mol. The fraction of sp³-hybridized carbons (Fsp3) is 0.294. The molecule has 0 fully saturated rings. The van der Waals surface area contributed by atoms with Crippen molar-refractivity contribution in [1.29, 1.82) is 0 Å². The van der Waals surface area contributed by atoms with Crippen LogP contribution in [0.5, 0.6) is 11.5 Å². The summed E-state index contributed by atoms with van der Waals surface area (Å²) in [6, 6.07) is 17.2. The van der Waals surface area contributed by atoms with E-state index < -0.39 is 13.6 Å². The van der Waals surface area contributed by atoms with Crippen LogP contribution in [0.2, 0.25) is 10.4 Å². The number of hydrogen-bond donors (Lipinski definition) is 0. The maximum absolute atomic E-state index is 6.11. The van der Waals surface area contributed by atoms with Gasteiger partial charge in [-0.15, -0.1) is 0 Å². The zero-order chi connectivity index (χ0) is 13.5. The van der Waals surface area contributed by atoms with Crippen molar-refractivity contribution in [2.75, 3.05) is 0 Å². The van der Waals surface area contributed by atoms with E-state index in [0.717, 1.165) is 16.2 Å². The number of fused-ring (bicyclic) bond motifs is 2. The Hall–Kier alpha value is -1.20. The van der Waals surface area contributed by atoms with Gasteiger partial charge in [0.1, 0.15) is 0 Å². The van der Waals surface area contributed by atoms with Crippen molar-refractivity contribution < 1.29 is 4.74 Å². The average Bonchev–Trinajstić information content (AvgIpc) is 2.46. The zero-order valence-corrected chi connectivity index (χ0v) is 13.6. The van der Waals surface area contributed by atoms with Crippen LogP contribution in [0, 0.1) is 0 Å². The molecule has 0 spiro atoms. The summed E-state index contributed by atoms with van der Waals surface area (Å²) >= 11 is -2.12. The van der Waals surface area contributed by atoms with Gasteiger partial charge in [0.2, 0.25) is 0 Å². The molecule has 2 aromatic rings. The first kappa shape index (κ1) is 12.8. The molecule has 1 nitrogen and oxygen atoms in total. The van der Waals surface area contributed by atoms with Crippen molar-refractivity contribution in [3.8, 4) is 11.5 Å². The van der Waals surface area contributed by atoms with Crippen LogP contribution >= 0.6 is 0 Å². The molecule has 0 aromatic heterocycles. The molecular weight excluding hydrogens is 295 g/mol. The summed E-state index contributed by atoms with van der Waals surface area (Å²) < 4.78 is 9.81. The van der Waals surface area contributed by atoms with Gasteiger partial charge in [0.05, 0.1) is 0 Å². The van der Waals surface area contributed by atoms with Gasteiger partial charge in [-0.25, -0.2) is 0 Å². The number of benzene rings is 2. The number of hydrogen-bond acceptors (Lipinski definition) is 1. The van der Waals surface area contributed by atoms with Crippen LogP contribution in [0.4, 0.5) is 0 Å². The van der Waals surface area contributed by atoms with Crippen molar-refractivity contribution in [2.45, 2.75) is 30.7 Å². The zero-order valence-electron chi connectivity index (χ0n) is 11.8. The Morgan fingerprint density at radius 1 is 0.947 bits per heavy atom. The van der Waals surface area contributed by atoms with E-state index in [9.17, 15) is 0 Å². The molecule has 1 unspecified atom stereocenters. The topological polar surface area (TPSA) is 9.23 Å². The third-order valence-corrected chi connectivity index (χ3v) is 14.6. The molecule has 1 aliphatic heterocycles. The Kier molecular flexibility index (Phi) is 3.18. The van der Waals surface area contributed by atoms with Gasteiger partial charge < -0.3 is 0 Å². The summed E-state index contributed by atoms with van der Waals surface area (Å²) in [6.07, 6.45) is 1.23. The number of para-hydroxylation sites is 2. The van der Waals surface area contributed by atoms with Gasteiger partial charge in [-0.05, 0) is 0 Å². The normalized spacial score (nSPS) is 17.0. The van der Waals surface area contributed by atoms with Gasteiger partial charge in [-0.1, -0.05) is 0 Å². The Labute approximate surface area is 118 Å². The van der Waals surface area contributed by atoms with Gasteiger partial charge in [0.25, 0.3) is 0 Å². The monoisotopic (exact) mass is 315 g/mol. The van der Waals surface area contributed by atoms with E-state index in [-0.39, 0.29) is 0 Å². The molecule has 0 saturated heterocycles. The SMILES string of the molecule is CCC(C)[As]1(C)c2ccccc2Oc2ccccc21. The molecule has 1 radical (unpaired) electrons. The standard InChI is InChI=1S/C17H20AsO/c1-4-13(2)18(3)14-9-5-7-11-16(14)19-17-12-8-6-10-15(17)18/h5-13H,4H2,1-3H3. The van der Waals surface area contributed by atoms with Gasteiger partial charge >= 0.3 is 118 Å². The first-order valence-electron chi connectivity index (χ1n) is 6.91. The Morgan fingerprint density at radius 3 is 1.89 bits per heavy atom. The summed E-state index contributed by atoms with van der Waals surface area (Å²) in [5.41, 5.74) is 2.52. The first-order valence-corrected chi connectivity index (χ1v) is 11.7. The molecule has 1 heterocycles. The van der Waals surface area contributed by atoms with Crippen LogP contribution in [0.1, 0.15) is 20.3 Å². The molecule has 1 atom stereocenters. The molecule has 2 aromatic carbocycles. The second-order valence-corrected chi connectivity index (χ2v) is 13.8. The average molecular weight is 315 g/mol. The molecular formula is C17H20AsO. The van der Waals surface area contributed by atoms with Crippen LogP contribution in [0.15, 0.2) is 48.5 Å². The van der Waals surface area contributed by atoms with E-state index in [0.29, 0.717) is 0 Å². The molecule has 0 N–H and O–H groups in total. The molecule has 0 amide bonds. The summed E-state index contributed by atoms with van der Waals surface area (Å²) in [7, 11) is 0. The molecule has 0 bridgehead atoms. The van der Waals surface area contributed by atoms with Crippen LogP contribution < -0.4 is 13.4 Å². The number of rotatable bonds is 2. The van der Waals surface area contributed by atoms with E-state index in [1.807, 2.05) is 0 Å². The van der Waals surface area contributed by atoms with E-state index >= 15 is 0 Å². The molecule has 2 heteroatoms. The van der Waals surface area contributed by atoms with Crippen molar-refractivity contribution in [3.05, 3.63) is 48.5 Å². The van der Waals surface area contributed by atoms with E-state index in [1.54, 1.807) is 0 Å². The van der Waals surface area contributed by atoms with Gasteiger partial charge in [-0.2, -0.15) is 0 Å². The Morgan fingerprint density at radius 2 is 1.42 bits per heavy atom. The van der Waals surface area contributed by atoms with E-state index in [4.69, 9.17) is 4.74 Å². The van der Waals surface area contributed by atoms with E-state index in [1.165, 1.54) is 15.1 Å². The van der Waals surface area contributed by atoms with Crippen molar-refractivity contribution in [2.24, 2.45) is 0 Å². The Balaban J connectivity index is 2.28. The second kappa shape index (κ2) is 4.72. The van der Waals surface area contributed by atoms with Crippen LogP contribution in [-0.4, -0.2) is 13.6 Å². The minimum atomic E-state index is -2.12. The molecule has 0 aliphatic carbocycles. The summed E-state index contributed by atoms with van der Waals surface area (Å²) in [6.45, 7) is 4.71. The third kappa shape index (κ3) is 1.83. The van der Waals surface area contributed by atoms with Gasteiger partial charge in [-0.3, -0.25) is 0 Å². The van der Waals surface area contributed by atoms with Crippen LogP contribution in [0.3, 0.4) is 0 Å². The predicted octanol–water partition coefficient (Wildman–Crippen LogP) is 3.79. The van der Waals surface area contributed by atoms with Gasteiger partial charge in [0, 0.05) is 0 Å². The number of ether oxygens (including phenoxy) is 1. The second-order valence-electron chi connectivity index (χ2n) is 5.37. The molecule has 0 saturated carbocycles. The van der Waals surface area contributed by atoms with Crippen LogP contribution in [-0.2, 0) is 0 Å². The first-order chi connectivity index (χ1) is 9.17. The van der Waals surface area contributed by atoms with Crippen LogP contribution in [0.25, 0.3) is 0 Å². The molecule has 1 aliphatic rings. The van der Waals surface area contributed by atoms with E-state index in [2.05, 4.69) is 68.1 Å². The van der Waals surface area contributed by atoms with Gasteiger partial charge in [0.15, 0.2) is 0 Å². The van der Waals surface area contributed by atoms with Crippen molar-refractivity contribution in [3.63, 3.8) is 0 Å². The minimum absolute atomic E-state index is 0.740. The Bertz CT molecular complexity index is 560. The summed E-state index contributed by atoms with van der Waals surface area (Å²) in [4.78, 5) is 0. The molecule has 19 heavy (non-hydrogen) atoms. The molecule has 3 rings (SSSR count). The third-order valence-electron chi connectivity index (χ3n) is 4.42.